The first-order valence-corrected chi connectivity index (χ1v) is 14.7. The number of aryl methyl sites for hydroxylation is 1. The van der Waals surface area contributed by atoms with Crippen LogP contribution in [0.5, 0.6) is 0 Å². The van der Waals surface area contributed by atoms with Crippen LogP contribution in [0.15, 0.2) is 13.6 Å². The number of nitrogens with one attached hydrogen (secondary N) is 1. The zero-order valence-corrected chi connectivity index (χ0v) is 23.6. The molecular formula is C26H42F2N2O7S. The topological polar surface area (TPSA) is 125 Å². The van der Waals surface area contributed by atoms with E-state index in [2.05, 4.69) is 5.32 Å². The van der Waals surface area contributed by atoms with Gasteiger partial charge in [0.2, 0.25) is 12.3 Å². The highest BCUT2D eigenvalue weighted by molar-refractivity contribution is 7.99. The van der Waals surface area contributed by atoms with Crippen molar-refractivity contribution in [3.8, 4) is 0 Å². The number of nitrogens with zero attached hydrogens (tertiary/aromatic N) is 1. The van der Waals surface area contributed by atoms with E-state index in [1.165, 1.54) is 11.8 Å². The third-order valence-corrected chi connectivity index (χ3v) is 8.84. The molecule has 0 aliphatic carbocycles. The number of amides is 1. The Hall–Kier alpha value is -1.47. The summed E-state index contributed by atoms with van der Waals surface area (Å²) in [4.78, 5) is 27.3. The molecule has 2 fully saturated rings. The Labute approximate surface area is 226 Å². The monoisotopic (exact) mass is 564 g/mol. The molecular weight excluding hydrogens is 522 g/mol. The van der Waals surface area contributed by atoms with Gasteiger partial charge >= 0.3 is 5.82 Å². The lowest BCUT2D eigenvalue weighted by atomic mass is 9.83. The van der Waals surface area contributed by atoms with Crippen molar-refractivity contribution in [1.82, 2.24) is 10.2 Å². The summed E-state index contributed by atoms with van der Waals surface area (Å²) in [5, 5.41) is 24.2. The third kappa shape index (κ3) is 7.59. The first kappa shape index (κ1) is 31.1. The van der Waals surface area contributed by atoms with Gasteiger partial charge in [-0.15, -0.1) is 11.8 Å². The summed E-state index contributed by atoms with van der Waals surface area (Å²) in [5.74, 6) is -0.773. The average molecular weight is 565 g/mol. The number of rotatable bonds is 10. The van der Waals surface area contributed by atoms with Gasteiger partial charge in [0.25, 0.3) is 0 Å². The van der Waals surface area contributed by atoms with Gasteiger partial charge in [-0.05, 0) is 57.2 Å². The molecule has 3 rings (SSSR count). The second kappa shape index (κ2) is 13.7. The molecule has 0 aromatic carbocycles. The van der Waals surface area contributed by atoms with Crippen LogP contribution < -0.4 is 11.1 Å². The molecule has 3 heterocycles. The number of halogens is 2. The van der Waals surface area contributed by atoms with Crippen LogP contribution in [0.2, 0.25) is 0 Å². The molecule has 1 aromatic rings. The van der Waals surface area contributed by atoms with Crippen molar-refractivity contribution in [2.45, 2.75) is 109 Å². The Morgan fingerprint density at radius 2 is 1.89 bits per heavy atom. The average Bonchev–Trinajstić information content (AvgIpc) is 3.04. The number of ether oxygens (including phenoxy) is 1. The minimum atomic E-state index is -2.36. The zero-order chi connectivity index (χ0) is 28.1. The summed E-state index contributed by atoms with van der Waals surface area (Å²) in [5.41, 5.74) is -0.624. The molecule has 12 heteroatoms. The van der Waals surface area contributed by atoms with Crippen LogP contribution in [0.4, 0.5) is 8.78 Å². The van der Waals surface area contributed by atoms with Crippen molar-refractivity contribution >= 4 is 17.7 Å². The smallest absolute Gasteiger partial charge is 0.396 e. The van der Waals surface area contributed by atoms with Crippen molar-refractivity contribution in [3.05, 3.63) is 22.1 Å². The van der Waals surface area contributed by atoms with Crippen molar-refractivity contribution in [2.24, 2.45) is 17.8 Å². The molecule has 8 atom stereocenters. The maximum atomic E-state index is 13.8. The lowest BCUT2D eigenvalue weighted by Crippen LogP contribution is -2.62. The summed E-state index contributed by atoms with van der Waals surface area (Å²) in [6, 6.07) is -1.03. The van der Waals surface area contributed by atoms with Gasteiger partial charge in [0.15, 0.2) is 5.76 Å². The molecule has 0 saturated carbocycles. The second-order valence-electron chi connectivity index (χ2n) is 10.9. The highest BCUT2D eigenvalue weighted by Gasteiger charge is 2.46. The zero-order valence-electron chi connectivity index (χ0n) is 22.8. The highest BCUT2D eigenvalue weighted by atomic mass is 32.2. The van der Waals surface area contributed by atoms with Gasteiger partial charge in [-0.1, -0.05) is 20.8 Å². The van der Waals surface area contributed by atoms with Gasteiger partial charge in [-0.25, -0.2) is 13.6 Å². The van der Waals surface area contributed by atoms with Crippen LogP contribution in [-0.2, 0) is 16.1 Å². The molecule has 0 radical (unpaired) electrons. The summed E-state index contributed by atoms with van der Waals surface area (Å²) in [6.45, 7) is 7.99. The molecule has 1 aromatic heterocycles. The number of thioether (sulfide) groups is 1. The summed E-state index contributed by atoms with van der Waals surface area (Å²) in [7, 11) is 0. The van der Waals surface area contributed by atoms with E-state index >= 15 is 0 Å². The molecule has 2 saturated heterocycles. The second-order valence-corrected chi connectivity index (χ2v) is 11.9. The quantitative estimate of drug-likeness (QED) is 0.393. The molecule has 2 aliphatic heterocycles. The van der Waals surface area contributed by atoms with Gasteiger partial charge < -0.3 is 29.1 Å². The van der Waals surface area contributed by atoms with E-state index < -0.39 is 54.0 Å². The number of hydrogen-bond donors (Lipinski definition) is 3. The largest absolute Gasteiger partial charge is 0.519 e. The van der Waals surface area contributed by atoms with E-state index in [4.69, 9.17) is 13.6 Å². The lowest BCUT2D eigenvalue weighted by Gasteiger charge is -2.45. The number of carbonyl (C=O) groups is 1. The molecule has 3 N–H and O–H groups in total. The van der Waals surface area contributed by atoms with E-state index in [0.717, 1.165) is 0 Å². The lowest BCUT2D eigenvalue weighted by molar-refractivity contribution is -0.179. The fraction of sp³-hybridized carbons (Fsp3) is 0.846. The first-order valence-electron chi connectivity index (χ1n) is 13.4. The van der Waals surface area contributed by atoms with E-state index in [-0.39, 0.29) is 30.7 Å². The van der Waals surface area contributed by atoms with Gasteiger partial charge in [0.1, 0.15) is 17.3 Å². The van der Waals surface area contributed by atoms with Crippen molar-refractivity contribution in [1.29, 1.82) is 0 Å². The molecule has 38 heavy (non-hydrogen) atoms. The number of aliphatic hydroxyl groups excluding tert-OH is 2. The van der Waals surface area contributed by atoms with Crippen LogP contribution in [-0.4, -0.2) is 76.1 Å². The minimum absolute atomic E-state index is 0.0384. The highest BCUT2D eigenvalue weighted by Crippen LogP contribution is 2.34. The minimum Gasteiger partial charge on any atom is -0.396 e. The van der Waals surface area contributed by atoms with Crippen LogP contribution in [0.3, 0.4) is 0 Å². The van der Waals surface area contributed by atoms with Crippen LogP contribution >= 0.6 is 11.8 Å². The number of aliphatic hydroxyl groups is 2. The third-order valence-electron chi connectivity index (χ3n) is 7.98. The molecule has 9 nitrogen and oxygen atoms in total. The first-order chi connectivity index (χ1) is 17.9. The van der Waals surface area contributed by atoms with E-state index in [9.17, 15) is 28.6 Å². The predicted molar refractivity (Wildman–Crippen MR) is 139 cm³/mol. The number of carbonyl (C=O) groups excluding carboxylic acids is 1. The molecule has 0 spiro atoms. The maximum absolute atomic E-state index is 13.8. The normalized spacial score (nSPS) is 31.9. The Bertz CT molecular complexity index is 956. The SMILES string of the molecule is CS[C@H]1O[C@H]([C@H](NC(=O)[C@@H]2CC[C@H](CCC(F)F)CCN2Cc2oc(=O)oc2C)C(C)C)[C@H](C)[C@H](O)[C@H]1O. The summed E-state index contributed by atoms with van der Waals surface area (Å²) in [6.07, 6.45) is -1.18. The van der Waals surface area contributed by atoms with Crippen LogP contribution in [0.25, 0.3) is 0 Å². The van der Waals surface area contributed by atoms with Gasteiger partial charge in [-0.2, -0.15) is 0 Å². The number of alkyl halides is 2. The fourth-order valence-electron chi connectivity index (χ4n) is 5.59. The van der Waals surface area contributed by atoms with E-state index in [0.29, 0.717) is 43.7 Å². The predicted octanol–water partition coefficient (Wildman–Crippen LogP) is 3.14. The molecule has 2 aliphatic rings. The van der Waals surface area contributed by atoms with E-state index in [1.54, 1.807) is 20.1 Å². The number of hydrogen-bond acceptors (Lipinski definition) is 9. The number of likely N-dealkylation sites (tertiary alicyclic amines) is 1. The van der Waals surface area contributed by atoms with Crippen LogP contribution in [0.1, 0.15) is 64.4 Å². The molecule has 1 amide bonds. The van der Waals surface area contributed by atoms with Crippen molar-refractivity contribution < 1.29 is 37.4 Å². The van der Waals surface area contributed by atoms with Crippen molar-refractivity contribution in [2.75, 3.05) is 12.8 Å². The Kier molecular flexibility index (Phi) is 11.2. The van der Waals surface area contributed by atoms with Crippen LogP contribution in [0, 0.1) is 24.7 Å². The summed E-state index contributed by atoms with van der Waals surface area (Å²) >= 11 is 1.30. The Balaban J connectivity index is 1.81. The molecule has 0 bridgehead atoms. The van der Waals surface area contributed by atoms with Crippen molar-refractivity contribution in [3.63, 3.8) is 0 Å². The molecule has 0 unspecified atom stereocenters. The Morgan fingerprint density at radius 3 is 2.47 bits per heavy atom. The maximum Gasteiger partial charge on any atom is 0.519 e. The van der Waals surface area contributed by atoms with Gasteiger partial charge in [0, 0.05) is 12.3 Å². The fourth-order valence-corrected chi connectivity index (χ4v) is 6.26. The standard InChI is InChI=1S/C26H42F2N2O7S/c1-13(2)20(23-14(3)21(31)22(32)25(37-23)38-5)29-24(33)17-8-6-16(7-9-19(27)28)10-11-30(17)12-18-15(4)35-26(34)36-18/h13-14,16-17,19-23,25,31-32H,6-12H2,1-5H3,(H,29,33)/t14-,16-,17+,20-,21+,22-,23+,25-/m1/s1. The Morgan fingerprint density at radius 1 is 1.18 bits per heavy atom. The molecule has 218 valence electrons. The van der Waals surface area contributed by atoms with E-state index in [1.807, 2.05) is 18.7 Å². The van der Waals surface area contributed by atoms with Gasteiger partial charge in [-0.3, -0.25) is 9.69 Å². The summed E-state index contributed by atoms with van der Waals surface area (Å²) < 4.78 is 42.1. The van der Waals surface area contributed by atoms with Gasteiger partial charge in [0.05, 0.1) is 30.8 Å².